The summed E-state index contributed by atoms with van der Waals surface area (Å²) in [5.74, 6) is 2.51. The fraction of sp³-hybridized carbons (Fsp3) is 0. The van der Waals surface area contributed by atoms with E-state index in [1.165, 1.54) is 53.9 Å². The van der Waals surface area contributed by atoms with E-state index < -0.39 is 0 Å². The van der Waals surface area contributed by atoms with E-state index >= 15 is 0 Å². The summed E-state index contributed by atoms with van der Waals surface area (Å²) in [6, 6.07) is 69.2. The molecule has 0 atom stereocenters. The molecular formula is C59H33N5O2. The minimum absolute atomic E-state index is 0.465. The lowest BCUT2D eigenvalue weighted by molar-refractivity contribution is 0.617. The number of oxazole rings is 2. The molecule has 3 aromatic heterocycles. The van der Waals surface area contributed by atoms with E-state index in [4.69, 9.17) is 33.8 Å². The Balaban J connectivity index is 1.03. The Kier molecular flexibility index (Phi) is 7.85. The number of nitrogens with zero attached hydrogens (tertiary/aromatic N) is 5. The first-order valence-electron chi connectivity index (χ1n) is 22.0. The van der Waals surface area contributed by atoms with Crippen molar-refractivity contribution in [3.63, 3.8) is 0 Å². The standard InChI is InChI=1S/C59H33N5O2/c1-3-17-43-39(13-1)41-15-5-7-19-45(41)49-32-34(25-27-47(43)49)55-62-56(35-26-28-48-44-18-4-2-14-40(44)42-16-6-8-20-46(42)50(48)33-35)64-57(63-55)36-29-37(58-60-51-21-9-11-23-53(51)65-58)31-38(30-36)59-61-52-22-10-12-24-54(52)66-59/h1-33H. The Morgan fingerprint density at radius 3 is 0.909 bits per heavy atom. The highest BCUT2D eigenvalue weighted by atomic mass is 16.4. The summed E-state index contributed by atoms with van der Waals surface area (Å²) in [5.41, 5.74) is 6.86. The number of rotatable bonds is 5. The van der Waals surface area contributed by atoms with E-state index in [9.17, 15) is 0 Å². The van der Waals surface area contributed by atoms with Crippen molar-refractivity contribution in [2.75, 3.05) is 0 Å². The van der Waals surface area contributed by atoms with Crippen molar-refractivity contribution in [2.24, 2.45) is 0 Å². The Labute approximate surface area is 376 Å². The van der Waals surface area contributed by atoms with Crippen molar-refractivity contribution >= 4 is 86.8 Å². The molecule has 0 unspecified atom stereocenters. The second kappa shape index (κ2) is 14.2. The minimum Gasteiger partial charge on any atom is -0.436 e. The van der Waals surface area contributed by atoms with Crippen molar-refractivity contribution in [3.8, 4) is 57.1 Å². The van der Waals surface area contributed by atoms with Gasteiger partial charge >= 0.3 is 0 Å². The van der Waals surface area contributed by atoms with Gasteiger partial charge in [-0.2, -0.15) is 0 Å². The number of aromatic nitrogens is 5. The molecule has 0 aliphatic heterocycles. The van der Waals surface area contributed by atoms with Crippen LogP contribution in [0.15, 0.2) is 209 Å². The third kappa shape index (κ3) is 5.73. The van der Waals surface area contributed by atoms with Crippen LogP contribution in [0.5, 0.6) is 0 Å². The molecule has 0 saturated carbocycles. The fourth-order valence-electron chi connectivity index (χ4n) is 9.85. The molecule has 0 aliphatic carbocycles. The van der Waals surface area contributed by atoms with Crippen LogP contribution < -0.4 is 0 Å². The van der Waals surface area contributed by atoms with E-state index in [-0.39, 0.29) is 0 Å². The van der Waals surface area contributed by atoms with E-state index in [0.29, 0.717) is 40.4 Å². The number of benzene rings is 11. The van der Waals surface area contributed by atoms with Gasteiger partial charge in [-0.3, -0.25) is 0 Å². The van der Waals surface area contributed by atoms with Gasteiger partial charge in [0.2, 0.25) is 11.8 Å². The molecule has 14 rings (SSSR count). The van der Waals surface area contributed by atoms with Crippen LogP contribution in [0.2, 0.25) is 0 Å². The molecule has 0 radical (unpaired) electrons. The van der Waals surface area contributed by atoms with Gasteiger partial charge in [0.1, 0.15) is 11.0 Å². The first-order chi connectivity index (χ1) is 32.7. The van der Waals surface area contributed by atoms with E-state index in [1.807, 2.05) is 66.7 Å². The average molecular weight is 844 g/mol. The summed E-state index contributed by atoms with van der Waals surface area (Å²) in [5, 5.41) is 14.2. The summed E-state index contributed by atoms with van der Waals surface area (Å²) in [6.07, 6.45) is 0. The largest absolute Gasteiger partial charge is 0.436 e. The van der Waals surface area contributed by atoms with Gasteiger partial charge in [-0.25, -0.2) is 24.9 Å². The quantitative estimate of drug-likeness (QED) is 0.159. The molecule has 14 aromatic rings. The Morgan fingerprint density at radius 1 is 0.227 bits per heavy atom. The highest BCUT2D eigenvalue weighted by Gasteiger charge is 2.20. The number of para-hydroxylation sites is 4. The first kappa shape index (κ1) is 36.4. The fourth-order valence-corrected chi connectivity index (χ4v) is 9.85. The van der Waals surface area contributed by atoms with Crippen LogP contribution in [0.25, 0.3) is 144 Å². The van der Waals surface area contributed by atoms with Crippen LogP contribution in [0.1, 0.15) is 0 Å². The summed E-state index contributed by atoms with van der Waals surface area (Å²) >= 11 is 0. The molecule has 0 fully saturated rings. The van der Waals surface area contributed by atoms with Gasteiger partial charge in [0.05, 0.1) is 0 Å². The van der Waals surface area contributed by atoms with Crippen LogP contribution in [0.4, 0.5) is 0 Å². The molecule has 0 saturated heterocycles. The summed E-state index contributed by atoms with van der Waals surface area (Å²) in [4.78, 5) is 25.8. The number of hydrogen-bond donors (Lipinski definition) is 0. The third-order valence-electron chi connectivity index (χ3n) is 12.9. The van der Waals surface area contributed by atoms with Gasteiger partial charge in [-0.1, -0.05) is 146 Å². The molecule has 0 amide bonds. The molecule has 0 aliphatic rings. The van der Waals surface area contributed by atoms with E-state index in [1.54, 1.807) is 0 Å². The van der Waals surface area contributed by atoms with Crippen molar-refractivity contribution in [1.29, 1.82) is 0 Å². The molecule has 11 aromatic carbocycles. The third-order valence-corrected chi connectivity index (χ3v) is 12.9. The maximum atomic E-state index is 6.38. The Bertz CT molecular complexity index is 3920. The van der Waals surface area contributed by atoms with Gasteiger partial charge in [0.25, 0.3) is 0 Å². The van der Waals surface area contributed by atoms with Gasteiger partial charge in [-0.05, 0) is 119 Å². The molecule has 7 heteroatoms. The van der Waals surface area contributed by atoms with Crippen molar-refractivity contribution in [1.82, 2.24) is 24.9 Å². The van der Waals surface area contributed by atoms with Gasteiger partial charge < -0.3 is 8.83 Å². The molecule has 0 N–H and O–H groups in total. The smallest absolute Gasteiger partial charge is 0.227 e. The first-order valence-corrected chi connectivity index (χ1v) is 22.0. The second-order valence-electron chi connectivity index (χ2n) is 16.8. The molecular weight excluding hydrogens is 811 g/mol. The predicted octanol–water partition coefficient (Wildman–Crippen LogP) is 15.4. The average Bonchev–Trinajstić information content (AvgIpc) is 4.04. The van der Waals surface area contributed by atoms with Crippen molar-refractivity contribution in [2.45, 2.75) is 0 Å². The molecule has 66 heavy (non-hydrogen) atoms. The normalized spacial score (nSPS) is 11.9. The zero-order valence-electron chi connectivity index (χ0n) is 35.1. The summed E-state index contributed by atoms with van der Waals surface area (Å²) < 4.78 is 12.8. The maximum absolute atomic E-state index is 6.38. The van der Waals surface area contributed by atoms with Crippen LogP contribution in [0.3, 0.4) is 0 Å². The monoisotopic (exact) mass is 843 g/mol. The minimum atomic E-state index is 0.465. The zero-order chi connectivity index (χ0) is 43.3. The summed E-state index contributed by atoms with van der Waals surface area (Å²) in [6.45, 7) is 0. The van der Waals surface area contributed by atoms with Crippen molar-refractivity contribution < 1.29 is 8.83 Å². The molecule has 306 valence electrons. The Hall–Kier alpha value is -9.07. The SMILES string of the molecule is c1ccc2oc(-c3cc(-c4nc(-c5ccc6c7ccccc7c7ccccc7c6c5)nc(-c5ccc6c7ccccc7c7ccccc7c6c5)n4)cc(-c4nc5ccccc5o4)c3)nc2c1. The lowest BCUT2D eigenvalue weighted by atomic mass is 9.93. The lowest BCUT2D eigenvalue weighted by Crippen LogP contribution is -2.01. The second-order valence-corrected chi connectivity index (χ2v) is 16.8. The van der Waals surface area contributed by atoms with Crippen LogP contribution >= 0.6 is 0 Å². The molecule has 0 bridgehead atoms. The highest BCUT2D eigenvalue weighted by Crippen LogP contribution is 2.40. The number of hydrogen-bond acceptors (Lipinski definition) is 7. The topological polar surface area (TPSA) is 90.7 Å². The maximum Gasteiger partial charge on any atom is 0.227 e. The Morgan fingerprint density at radius 2 is 0.530 bits per heavy atom. The zero-order valence-corrected chi connectivity index (χ0v) is 35.1. The van der Waals surface area contributed by atoms with E-state index in [2.05, 4.69) is 133 Å². The lowest BCUT2D eigenvalue weighted by Gasteiger charge is -2.14. The predicted molar refractivity (Wildman–Crippen MR) is 267 cm³/mol. The van der Waals surface area contributed by atoms with Crippen molar-refractivity contribution in [3.05, 3.63) is 200 Å². The number of fused-ring (bicyclic) bond motifs is 14. The van der Waals surface area contributed by atoms with E-state index in [0.717, 1.165) is 49.6 Å². The highest BCUT2D eigenvalue weighted by molar-refractivity contribution is 6.27. The van der Waals surface area contributed by atoms with Gasteiger partial charge in [-0.15, -0.1) is 0 Å². The molecule has 0 spiro atoms. The van der Waals surface area contributed by atoms with Crippen LogP contribution in [-0.4, -0.2) is 24.9 Å². The van der Waals surface area contributed by atoms with Crippen LogP contribution in [-0.2, 0) is 0 Å². The molecule has 7 nitrogen and oxygen atoms in total. The van der Waals surface area contributed by atoms with Gasteiger partial charge in [0.15, 0.2) is 28.6 Å². The van der Waals surface area contributed by atoms with Gasteiger partial charge in [0, 0.05) is 27.8 Å². The summed E-state index contributed by atoms with van der Waals surface area (Å²) in [7, 11) is 0. The molecule has 3 heterocycles. The van der Waals surface area contributed by atoms with Crippen LogP contribution in [0, 0.1) is 0 Å².